The second kappa shape index (κ2) is 6.80. The van der Waals surface area contributed by atoms with E-state index in [2.05, 4.69) is 5.92 Å². The fourth-order valence-electron chi connectivity index (χ4n) is 2.19. The van der Waals surface area contributed by atoms with E-state index in [1.54, 1.807) is 19.1 Å². The lowest BCUT2D eigenvalue weighted by Gasteiger charge is -2.27. The number of rotatable bonds is 5. The van der Waals surface area contributed by atoms with Crippen molar-refractivity contribution in [3.8, 4) is 18.1 Å². The van der Waals surface area contributed by atoms with Crippen molar-refractivity contribution in [2.45, 2.75) is 19.8 Å². The van der Waals surface area contributed by atoms with Gasteiger partial charge in [0.2, 0.25) is 0 Å². The molecule has 1 aromatic carbocycles. The summed E-state index contributed by atoms with van der Waals surface area (Å²) in [5, 5.41) is 9.75. The number of carbonyl (C=O) groups is 2. The Hall–Kier alpha value is -2.48. The van der Waals surface area contributed by atoms with E-state index >= 15 is 0 Å². The number of aromatic hydroxyl groups is 1. The second-order valence-electron chi connectivity index (χ2n) is 4.68. The maximum absolute atomic E-state index is 12.1. The van der Waals surface area contributed by atoms with Gasteiger partial charge in [0.25, 0.3) is 0 Å². The molecule has 21 heavy (non-hydrogen) atoms. The van der Waals surface area contributed by atoms with Crippen LogP contribution >= 0.6 is 0 Å². The number of phenolic OH excluding ortho intramolecular Hbond substituents is 1. The first-order valence-electron chi connectivity index (χ1n) is 6.30. The van der Waals surface area contributed by atoms with Gasteiger partial charge in [-0.1, -0.05) is 12.1 Å². The van der Waals surface area contributed by atoms with Gasteiger partial charge in [-0.3, -0.25) is 9.59 Å². The molecule has 0 fully saturated rings. The summed E-state index contributed by atoms with van der Waals surface area (Å²) in [6, 6.07) is 4.87. The van der Waals surface area contributed by atoms with Gasteiger partial charge in [0.05, 0.1) is 14.2 Å². The Morgan fingerprint density at radius 2 is 1.86 bits per heavy atom. The quantitative estimate of drug-likeness (QED) is 0.506. The van der Waals surface area contributed by atoms with Crippen LogP contribution < -0.4 is 0 Å². The minimum atomic E-state index is -1.61. The van der Waals surface area contributed by atoms with Crippen molar-refractivity contribution >= 4 is 11.9 Å². The monoisotopic (exact) mass is 290 g/mol. The lowest BCUT2D eigenvalue weighted by Crippen LogP contribution is -2.43. The van der Waals surface area contributed by atoms with Crippen LogP contribution in [-0.2, 0) is 25.5 Å². The number of carbonyl (C=O) groups excluding carboxylic acids is 2. The average Bonchev–Trinajstić information content (AvgIpc) is 2.49. The van der Waals surface area contributed by atoms with E-state index in [0.717, 1.165) is 0 Å². The third kappa shape index (κ3) is 3.16. The average molecular weight is 290 g/mol. The first-order chi connectivity index (χ1) is 9.92. The zero-order chi connectivity index (χ0) is 16.0. The van der Waals surface area contributed by atoms with Gasteiger partial charge in [0, 0.05) is 12.8 Å². The first-order valence-corrected chi connectivity index (χ1v) is 6.30. The minimum absolute atomic E-state index is 0.00319. The number of terminal acetylenes is 1. The Bertz CT molecular complexity index is 567. The molecule has 0 amide bonds. The number of hydrogen-bond acceptors (Lipinski definition) is 5. The van der Waals surface area contributed by atoms with E-state index in [4.69, 9.17) is 15.9 Å². The van der Waals surface area contributed by atoms with Crippen LogP contribution in [0.25, 0.3) is 0 Å². The second-order valence-corrected chi connectivity index (χ2v) is 4.68. The van der Waals surface area contributed by atoms with Crippen LogP contribution in [0.1, 0.15) is 17.5 Å². The van der Waals surface area contributed by atoms with Crippen LogP contribution in [0.2, 0.25) is 0 Å². The molecule has 0 spiro atoms. The molecule has 1 N–H and O–H groups in total. The summed E-state index contributed by atoms with van der Waals surface area (Å²) in [5.74, 6) is 0.900. The van der Waals surface area contributed by atoms with Crippen LogP contribution in [0, 0.1) is 24.7 Å². The summed E-state index contributed by atoms with van der Waals surface area (Å²) in [6.07, 6.45) is 5.15. The maximum Gasteiger partial charge on any atom is 0.324 e. The fraction of sp³-hybridized carbons (Fsp3) is 0.375. The van der Waals surface area contributed by atoms with Gasteiger partial charge >= 0.3 is 11.9 Å². The Labute approximate surface area is 123 Å². The van der Waals surface area contributed by atoms with E-state index < -0.39 is 17.4 Å². The highest BCUT2D eigenvalue weighted by molar-refractivity contribution is 6.00. The zero-order valence-electron chi connectivity index (χ0n) is 12.3. The van der Waals surface area contributed by atoms with Crippen molar-refractivity contribution in [2.75, 3.05) is 14.2 Å². The highest BCUT2D eigenvalue weighted by Crippen LogP contribution is 2.33. The van der Waals surface area contributed by atoms with Gasteiger partial charge in [-0.05, 0) is 24.1 Å². The van der Waals surface area contributed by atoms with Crippen molar-refractivity contribution in [2.24, 2.45) is 5.41 Å². The van der Waals surface area contributed by atoms with Crippen molar-refractivity contribution < 1.29 is 24.2 Å². The first kappa shape index (κ1) is 16.6. The minimum Gasteiger partial charge on any atom is -0.508 e. The topological polar surface area (TPSA) is 72.8 Å². The highest BCUT2D eigenvalue weighted by Gasteiger charge is 2.48. The van der Waals surface area contributed by atoms with Crippen LogP contribution in [0.3, 0.4) is 0 Å². The number of ether oxygens (including phenoxy) is 2. The molecule has 1 rings (SSSR count). The number of esters is 2. The predicted molar refractivity (Wildman–Crippen MR) is 76.5 cm³/mol. The third-order valence-electron chi connectivity index (χ3n) is 3.47. The summed E-state index contributed by atoms with van der Waals surface area (Å²) in [6.45, 7) is 1.69. The van der Waals surface area contributed by atoms with E-state index in [-0.39, 0.29) is 18.6 Å². The molecule has 0 bridgehead atoms. The van der Waals surface area contributed by atoms with Crippen LogP contribution in [0.15, 0.2) is 18.2 Å². The van der Waals surface area contributed by atoms with Crippen molar-refractivity contribution in [1.82, 2.24) is 0 Å². The molecule has 0 saturated carbocycles. The van der Waals surface area contributed by atoms with Gasteiger partial charge in [-0.15, -0.1) is 12.3 Å². The normalized spacial score (nSPS) is 10.6. The summed E-state index contributed by atoms with van der Waals surface area (Å²) in [4.78, 5) is 24.3. The molecule has 5 nitrogen and oxygen atoms in total. The molecule has 5 heteroatoms. The molecule has 0 atom stereocenters. The molecule has 0 aliphatic heterocycles. The Morgan fingerprint density at radius 3 is 2.33 bits per heavy atom. The molecule has 1 aromatic rings. The molecule has 0 radical (unpaired) electrons. The van der Waals surface area contributed by atoms with E-state index in [1.807, 2.05) is 0 Å². The maximum atomic E-state index is 12.1. The van der Waals surface area contributed by atoms with Gasteiger partial charge in [-0.25, -0.2) is 0 Å². The Morgan fingerprint density at radius 1 is 1.29 bits per heavy atom. The molecule has 0 unspecified atom stereocenters. The van der Waals surface area contributed by atoms with Crippen LogP contribution in [0.5, 0.6) is 5.75 Å². The van der Waals surface area contributed by atoms with Crippen molar-refractivity contribution in [1.29, 1.82) is 0 Å². The molecule has 0 saturated heterocycles. The lowest BCUT2D eigenvalue weighted by molar-refractivity contribution is -0.168. The van der Waals surface area contributed by atoms with E-state index in [0.29, 0.717) is 11.1 Å². The molecule has 0 aliphatic rings. The molecular weight excluding hydrogens is 272 g/mol. The highest BCUT2D eigenvalue weighted by atomic mass is 16.5. The third-order valence-corrected chi connectivity index (χ3v) is 3.47. The van der Waals surface area contributed by atoms with Gasteiger partial charge < -0.3 is 14.6 Å². The summed E-state index contributed by atoms with van der Waals surface area (Å²) in [5.41, 5.74) is -0.413. The lowest BCUT2D eigenvalue weighted by atomic mass is 9.77. The van der Waals surface area contributed by atoms with Gasteiger partial charge in [-0.2, -0.15) is 0 Å². The Balaban J connectivity index is 3.36. The number of phenols is 1. The molecule has 112 valence electrons. The zero-order valence-corrected chi connectivity index (χ0v) is 12.3. The standard InChI is InChI=1S/C16H18O5/c1-5-9-16(14(18)20-3,15(19)21-4)10-12-7-6-8-13(17)11(12)2/h1,6-8,17H,9-10H2,2-4H3. The van der Waals surface area contributed by atoms with E-state index in [1.165, 1.54) is 20.3 Å². The van der Waals surface area contributed by atoms with Crippen molar-refractivity contribution in [3.05, 3.63) is 29.3 Å². The smallest absolute Gasteiger partial charge is 0.324 e. The fourth-order valence-corrected chi connectivity index (χ4v) is 2.19. The molecule has 0 aliphatic carbocycles. The SMILES string of the molecule is C#CCC(Cc1cccc(O)c1C)(C(=O)OC)C(=O)OC. The van der Waals surface area contributed by atoms with Crippen LogP contribution in [0.4, 0.5) is 0 Å². The van der Waals surface area contributed by atoms with Gasteiger partial charge in [0.1, 0.15) is 5.75 Å². The summed E-state index contributed by atoms with van der Waals surface area (Å²) >= 11 is 0. The number of benzene rings is 1. The number of methoxy groups -OCH3 is 2. The van der Waals surface area contributed by atoms with Crippen molar-refractivity contribution in [3.63, 3.8) is 0 Å². The largest absolute Gasteiger partial charge is 0.508 e. The molecular formula is C16H18O5. The van der Waals surface area contributed by atoms with E-state index in [9.17, 15) is 14.7 Å². The van der Waals surface area contributed by atoms with Crippen LogP contribution in [-0.4, -0.2) is 31.3 Å². The predicted octanol–water partition coefficient (Wildman–Crippen LogP) is 1.60. The molecule has 0 heterocycles. The summed E-state index contributed by atoms with van der Waals surface area (Å²) in [7, 11) is 2.37. The number of hydrogen-bond donors (Lipinski definition) is 1. The van der Waals surface area contributed by atoms with Gasteiger partial charge in [0.15, 0.2) is 5.41 Å². The molecule has 0 aromatic heterocycles. The summed E-state index contributed by atoms with van der Waals surface area (Å²) < 4.78 is 9.47. The Kier molecular flexibility index (Phi) is 5.37.